The second kappa shape index (κ2) is 10.2. The van der Waals surface area contributed by atoms with Gasteiger partial charge in [0.05, 0.1) is 23.7 Å². The SMILES string of the molecule is COCCN(CC(=O)Nc1cc(C(C)(C)C)nn1C)S(=O)(=O)c1ccc(NC(C)=O)cc1. The molecule has 32 heavy (non-hydrogen) atoms. The number of nitrogens with one attached hydrogen (secondary N) is 2. The molecule has 0 bridgehead atoms. The number of carbonyl (C=O) groups is 2. The van der Waals surface area contributed by atoms with Crippen LogP contribution in [-0.4, -0.2) is 61.1 Å². The first-order chi connectivity index (χ1) is 14.8. The van der Waals surface area contributed by atoms with E-state index in [2.05, 4.69) is 15.7 Å². The van der Waals surface area contributed by atoms with Crippen LogP contribution in [0.1, 0.15) is 33.4 Å². The van der Waals surface area contributed by atoms with Gasteiger partial charge >= 0.3 is 0 Å². The fourth-order valence-corrected chi connectivity index (χ4v) is 4.21. The zero-order chi connectivity index (χ0) is 24.1. The van der Waals surface area contributed by atoms with E-state index >= 15 is 0 Å². The molecule has 2 amide bonds. The summed E-state index contributed by atoms with van der Waals surface area (Å²) in [6.45, 7) is 7.12. The molecule has 0 unspecified atom stereocenters. The number of methoxy groups -OCH3 is 1. The number of aromatic nitrogens is 2. The zero-order valence-electron chi connectivity index (χ0n) is 19.3. The van der Waals surface area contributed by atoms with Gasteiger partial charge in [0.1, 0.15) is 5.82 Å². The van der Waals surface area contributed by atoms with E-state index in [4.69, 9.17) is 4.74 Å². The maximum atomic E-state index is 13.1. The fourth-order valence-electron chi connectivity index (χ4n) is 2.83. The predicted molar refractivity (Wildman–Crippen MR) is 122 cm³/mol. The average molecular weight is 466 g/mol. The van der Waals surface area contributed by atoms with Gasteiger partial charge < -0.3 is 15.4 Å². The molecule has 0 aliphatic heterocycles. The lowest BCUT2D eigenvalue weighted by Crippen LogP contribution is -2.40. The van der Waals surface area contributed by atoms with Gasteiger partial charge in [-0.2, -0.15) is 9.40 Å². The molecular formula is C21H31N5O5S. The van der Waals surface area contributed by atoms with E-state index in [0.29, 0.717) is 11.5 Å². The van der Waals surface area contributed by atoms with Crippen molar-refractivity contribution in [1.82, 2.24) is 14.1 Å². The van der Waals surface area contributed by atoms with Crippen LogP contribution in [0.5, 0.6) is 0 Å². The van der Waals surface area contributed by atoms with Gasteiger partial charge in [0.25, 0.3) is 0 Å². The summed E-state index contributed by atoms with van der Waals surface area (Å²) >= 11 is 0. The summed E-state index contributed by atoms with van der Waals surface area (Å²) in [7, 11) is -0.812. The molecule has 0 spiro atoms. The molecule has 1 heterocycles. The van der Waals surface area contributed by atoms with Crippen LogP contribution in [0.15, 0.2) is 35.2 Å². The molecule has 0 radical (unpaired) electrons. The number of aryl methyl sites for hydroxylation is 1. The first-order valence-corrected chi connectivity index (χ1v) is 11.5. The van der Waals surface area contributed by atoms with E-state index in [0.717, 1.165) is 10.00 Å². The van der Waals surface area contributed by atoms with Gasteiger partial charge in [-0.3, -0.25) is 14.3 Å². The lowest BCUT2D eigenvalue weighted by molar-refractivity contribution is -0.116. The average Bonchev–Trinajstić information content (AvgIpc) is 3.05. The summed E-state index contributed by atoms with van der Waals surface area (Å²) in [5, 5.41) is 9.72. The number of carbonyl (C=O) groups excluding carboxylic acids is 2. The number of hydrogen-bond donors (Lipinski definition) is 2. The zero-order valence-corrected chi connectivity index (χ0v) is 20.1. The molecule has 1 aromatic carbocycles. The third-order valence-corrected chi connectivity index (χ3v) is 6.45. The number of nitrogens with zero attached hydrogens (tertiary/aromatic N) is 3. The van der Waals surface area contributed by atoms with Gasteiger partial charge in [0, 0.05) is 44.8 Å². The van der Waals surface area contributed by atoms with Crippen molar-refractivity contribution in [1.29, 1.82) is 0 Å². The minimum Gasteiger partial charge on any atom is -0.383 e. The van der Waals surface area contributed by atoms with Crippen LogP contribution in [-0.2, 0) is 36.8 Å². The molecule has 10 nitrogen and oxygen atoms in total. The second-order valence-electron chi connectivity index (χ2n) is 8.37. The van der Waals surface area contributed by atoms with Crippen LogP contribution in [0.4, 0.5) is 11.5 Å². The van der Waals surface area contributed by atoms with Gasteiger partial charge in [0.15, 0.2) is 0 Å². The molecule has 2 aromatic rings. The van der Waals surface area contributed by atoms with Crippen molar-refractivity contribution in [2.75, 3.05) is 37.4 Å². The quantitative estimate of drug-likeness (QED) is 0.584. The number of benzene rings is 1. The summed E-state index contributed by atoms with van der Waals surface area (Å²) in [6.07, 6.45) is 0. The molecular weight excluding hydrogens is 434 g/mol. The van der Waals surface area contributed by atoms with Crippen molar-refractivity contribution < 1.29 is 22.7 Å². The number of hydrogen-bond acceptors (Lipinski definition) is 6. The fraction of sp³-hybridized carbons (Fsp3) is 0.476. The van der Waals surface area contributed by atoms with E-state index < -0.39 is 22.5 Å². The first kappa shape index (κ1) is 25.5. The maximum Gasteiger partial charge on any atom is 0.243 e. The van der Waals surface area contributed by atoms with Crippen molar-refractivity contribution >= 4 is 33.3 Å². The van der Waals surface area contributed by atoms with Gasteiger partial charge in [-0.05, 0) is 24.3 Å². The summed E-state index contributed by atoms with van der Waals surface area (Å²) in [4.78, 5) is 23.9. The lowest BCUT2D eigenvalue weighted by Gasteiger charge is -2.21. The van der Waals surface area contributed by atoms with E-state index in [9.17, 15) is 18.0 Å². The highest BCUT2D eigenvalue weighted by Crippen LogP contribution is 2.23. The summed E-state index contributed by atoms with van der Waals surface area (Å²) in [5.74, 6) is -0.282. The molecule has 0 aliphatic carbocycles. The lowest BCUT2D eigenvalue weighted by atomic mass is 9.92. The molecule has 0 saturated carbocycles. The number of sulfonamides is 1. The third-order valence-electron chi connectivity index (χ3n) is 4.59. The summed E-state index contributed by atoms with van der Waals surface area (Å²) < 4.78 is 33.9. The second-order valence-corrected chi connectivity index (χ2v) is 10.3. The Kier molecular flexibility index (Phi) is 8.16. The normalized spacial score (nSPS) is 12.1. The Balaban J connectivity index is 2.21. The molecule has 1 aromatic heterocycles. The van der Waals surface area contributed by atoms with Gasteiger partial charge in [-0.1, -0.05) is 20.8 Å². The highest BCUT2D eigenvalue weighted by atomic mass is 32.2. The molecule has 11 heteroatoms. The highest BCUT2D eigenvalue weighted by Gasteiger charge is 2.27. The minimum atomic E-state index is -3.98. The number of amides is 2. The van der Waals surface area contributed by atoms with Crippen molar-refractivity contribution in [3.05, 3.63) is 36.0 Å². The van der Waals surface area contributed by atoms with Crippen molar-refractivity contribution in [2.45, 2.75) is 38.0 Å². The molecule has 176 valence electrons. The van der Waals surface area contributed by atoms with Crippen molar-refractivity contribution in [3.8, 4) is 0 Å². The Morgan fingerprint density at radius 3 is 2.28 bits per heavy atom. The Morgan fingerprint density at radius 1 is 1.16 bits per heavy atom. The Hall–Kier alpha value is -2.76. The van der Waals surface area contributed by atoms with Gasteiger partial charge in [-0.25, -0.2) is 8.42 Å². The molecule has 2 N–H and O–H groups in total. The number of anilines is 2. The first-order valence-electron chi connectivity index (χ1n) is 10.1. The Bertz CT molecular complexity index is 1060. The van der Waals surface area contributed by atoms with Crippen LogP contribution >= 0.6 is 0 Å². The molecule has 0 aliphatic rings. The maximum absolute atomic E-state index is 13.1. The van der Waals surface area contributed by atoms with Gasteiger partial charge in [-0.15, -0.1) is 0 Å². The topological polar surface area (TPSA) is 123 Å². The van der Waals surface area contributed by atoms with E-state index in [1.807, 2.05) is 20.8 Å². The predicted octanol–water partition coefficient (Wildman–Crippen LogP) is 1.95. The van der Waals surface area contributed by atoms with Crippen molar-refractivity contribution in [2.24, 2.45) is 7.05 Å². The molecule has 0 fully saturated rings. The summed E-state index contributed by atoms with van der Waals surface area (Å²) in [5.41, 5.74) is 1.08. The van der Waals surface area contributed by atoms with Gasteiger partial charge in [0.2, 0.25) is 21.8 Å². The monoisotopic (exact) mass is 465 g/mol. The van der Waals surface area contributed by atoms with Crippen LogP contribution in [0.25, 0.3) is 0 Å². The molecule has 2 rings (SSSR count). The molecule has 0 saturated heterocycles. The summed E-state index contributed by atoms with van der Waals surface area (Å²) in [6, 6.07) is 7.52. The smallest absolute Gasteiger partial charge is 0.243 e. The van der Waals surface area contributed by atoms with E-state index in [1.54, 1.807) is 17.8 Å². The number of rotatable bonds is 9. The van der Waals surface area contributed by atoms with Crippen LogP contribution in [0, 0.1) is 0 Å². The largest absolute Gasteiger partial charge is 0.383 e. The third kappa shape index (κ3) is 6.62. The minimum absolute atomic E-state index is 0.00166. The molecule has 0 atom stereocenters. The van der Waals surface area contributed by atoms with E-state index in [-0.39, 0.29) is 29.4 Å². The Morgan fingerprint density at radius 2 is 1.78 bits per heavy atom. The van der Waals surface area contributed by atoms with Crippen LogP contribution < -0.4 is 10.6 Å². The van der Waals surface area contributed by atoms with Crippen molar-refractivity contribution in [3.63, 3.8) is 0 Å². The highest BCUT2D eigenvalue weighted by molar-refractivity contribution is 7.89. The van der Waals surface area contributed by atoms with E-state index in [1.165, 1.54) is 38.3 Å². The Labute approximate surface area is 189 Å². The van der Waals surface area contributed by atoms with Crippen LogP contribution in [0.3, 0.4) is 0 Å². The standard InChI is InChI=1S/C21H31N5O5S/c1-15(27)22-16-7-9-17(10-8-16)32(29,30)26(11-12-31-6)14-20(28)23-19-13-18(21(2,3)4)24-25(19)5/h7-10,13H,11-12,14H2,1-6H3,(H,22,27)(H,23,28). The van der Waals surface area contributed by atoms with Crippen LogP contribution in [0.2, 0.25) is 0 Å². The number of ether oxygens (including phenoxy) is 1.